The summed E-state index contributed by atoms with van der Waals surface area (Å²) in [5, 5.41) is 21.5. The van der Waals surface area contributed by atoms with Crippen molar-refractivity contribution in [1.82, 2.24) is 15.7 Å². The van der Waals surface area contributed by atoms with Crippen LogP contribution in [0.5, 0.6) is 0 Å². The van der Waals surface area contributed by atoms with Gasteiger partial charge in [-0.15, -0.1) is 0 Å². The molecule has 11 nitrogen and oxygen atoms in total. The van der Waals surface area contributed by atoms with Crippen molar-refractivity contribution in [1.29, 1.82) is 0 Å². The molecule has 0 spiro atoms. The Morgan fingerprint density at radius 2 is 2.07 bits per heavy atom. The molecule has 0 bridgehead atoms. The number of nitrogens with zero attached hydrogens (tertiary/aromatic N) is 4. The molecule has 0 aliphatic heterocycles. The first-order valence-electron chi connectivity index (χ1n) is 7.64. The van der Waals surface area contributed by atoms with Crippen LogP contribution in [0.2, 0.25) is 0 Å². The molecule has 0 unspecified atom stereocenters. The molecule has 0 fully saturated rings. The number of carbonyl (C=O) groups is 1. The van der Waals surface area contributed by atoms with Crippen molar-refractivity contribution in [3.8, 4) is 11.3 Å². The van der Waals surface area contributed by atoms with Gasteiger partial charge in [-0.1, -0.05) is 0 Å². The molecule has 0 aliphatic rings. The minimum Gasteiger partial charge on any atom is -0.455 e. The van der Waals surface area contributed by atoms with Gasteiger partial charge < -0.3 is 10.2 Å². The minimum atomic E-state index is -0.693. The number of nitro groups is 1. The van der Waals surface area contributed by atoms with Crippen LogP contribution in [0.15, 0.2) is 38.4 Å². The van der Waals surface area contributed by atoms with Crippen LogP contribution < -0.4 is 11.2 Å². The van der Waals surface area contributed by atoms with Crippen LogP contribution in [-0.4, -0.2) is 27.4 Å². The van der Waals surface area contributed by atoms with Crippen molar-refractivity contribution in [3.05, 3.63) is 57.0 Å². The summed E-state index contributed by atoms with van der Waals surface area (Å²) in [5.41, 5.74) is 9.43. The molecule has 0 saturated heterocycles. The zero-order valence-electron chi connectivity index (χ0n) is 14.3. The van der Waals surface area contributed by atoms with Crippen LogP contribution >= 0.6 is 0 Å². The number of nitro benzene ring substituents is 1. The summed E-state index contributed by atoms with van der Waals surface area (Å²) in [6.07, 6.45) is 1.27. The van der Waals surface area contributed by atoms with E-state index in [0.29, 0.717) is 22.6 Å². The molecule has 0 atom stereocenters. The molecule has 3 N–H and O–H groups in total. The van der Waals surface area contributed by atoms with Crippen LogP contribution in [0, 0.1) is 24.0 Å². The van der Waals surface area contributed by atoms with Gasteiger partial charge in [0.05, 0.1) is 11.1 Å². The van der Waals surface area contributed by atoms with Gasteiger partial charge in [-0.25, -0.2) is 10.1 Å². The van der Waals surface area contributed by atoms with Gasteiger partial charge in [0.2, 0.25) is 11.5 Å². The number of hydrogen-bond acceptors (Lipinski definition) is 9. The zero-order valence-corrected chi connectivity index (χ0v) is 14.3. The average Bonchev–Trinajstić information content (AvgIpc) is 3.23. The third kappa shape index (κ3) is 3.66. The van der Waals surface area contributed by atoms with Crippen molar-refractivity contribution < 1.29 is 18.8 Å². The molecule has 1 aromatic carbocycles. The normalized spacial score (nSPS) is 11.0. The molecule has 3 aromatic rings. The number of aryl methyl sites for hydroxylation is 2. The van der Waals surface area contributed by atoms with Gasteiger partial charge in [0.1, 0.15) is 11.5 Å². The Morgan fingerprint density at radius 1 is 1.30 bits per heavy atom. The molecular formula is C16H14N6O5. The number of nitrogen functional groups attached to an aromatic ring is 1. The Balaban J connectivity index is 1.77. The van der Waals surface area contributed by atoms with Gasteiger partial charge in [0.25, 0.3) is 11.6 Å². The second-order valence-corrected chi connectivity index (χ2v) is 5.61. The highest BCUT2D eigenvalue weighted by Gasteiger charge is 2.17. The topological polar surface area (TPSA) is 163 Å². The van der Waals surface area contributed by atoms with Crippen LogP contribution in [0.25, 0.3) is 11.3 Å². The lowest BCUT2D eigenvalue weighted by atomic mass is 10.0. The summed E-state index contributed by atoms with van der Waals surface area (Å²) in [6, 6.07) is 6.46. The number of amides is 1. The number of nitrogens with one attached hydrogen (secondary N) is 1. The van der Waals surface area contributed by atoms with Crippen molar-refractivity contribution >= 4 is 23.6 Å². The number of anilines is 1. The van der Waals surface area contributed by atoms with E-state index in [1.54, 1.807) is 25.1 Å². The van der Waals surface area contributed by atoms with Crippen LogP contribution in [-0.2, 0) is 0 Å². The number of benzene rings is 1. The number of carbonyl (C=O) groups excluding carboxylic acids is 1. The molecule has 2 heterocycles. The highest BCUT2D eigenvalue weighted by Crippen LogP contribution is 2.31. The Hall–Kier alpha value is -4.02. The predicted molar refractivity (Wildman–Crippen MR) is 94.0 cm³/mol. The fourth-order valence-electron chi connectivity index (χ4n) is 2.43. The Kier molecular flexibility index (Phi) is 4.66. The SMILES string of the molecule is Cc1cc(C)c([N+](=O)[O-])cc1-c1ccc(C=NNC(=O)c2nonc2N)o1. The maximum Gasteiger partial charge on any atom is 0.297 e. The third-order valence-electron chi connectivity index (χ3n) is 3.72. The molecule has 3 rings (SSSR count). The van der Waals surface area contributed by atoms with Crippen LogP contribution in [0.1, 0.15) is 27.4 Å². The van der Waals surface area contributed by atoms with Gasteiger partial charge in [-0.3, -0.25) is 14.9 Å². The lowest BCUT2D eigenvalue weighted by Crippen LogP contribution is -2.19. The predicted octanol–water partition coefficient (Wildman–Crippen LogP) is 2.20. The summed E-state index contributed by atoms with van der Waals surface area (Å²) in [6.45, 7) is 3.51. The summed E-state index contributed by atoms with van der Waals surface area (Å²) in [7, 11) is 0. The van der Waals surface area contributed by atoms with Gasteiger partial charge in [0, 0.05) is 17.2 Å². The number of aromatic nitrogens is 2. The molecule has 0 aliphatic carbocycles. The van der Waals surface area contributed by atoms with Crippen molar-refractivity contribution in [2.45, 2.75) is 13.8 Å². The van der Waals surface area contributed by atoms with Gasteiger partial charge in [-0.2, -0.15) is 5.10 Å². The molecular weight excluding hydrogens is 356 g/mol. The maximum absolute atomic E-state index is 11.8. The van der Waals surface area contributed by atoms with E-state index in [-0.39, 0.29) is 17.2 Å². The number of nitrogens with two attached hydrogens (primary N) is 1. The molecule has 0 radical (unpaired) electrons. The third-order valence-corrected chi connectivity index (χ3v) is 3.72. The quantitative estimate of drug-likeness (QED) is 0.392. The number of hydrogen-bond donors (Lipinski definition) is 2. The van der Waals surface area contributed by atoms with Crippen molar-refractivity contribution in [2.24, 2.45) is 5.10 Å². The van der Waals surface area contributed by atoms with Gasteiger partial charge in [0.15, 0.2) is 0 Å². The van der Waals surface area contributed by atoms with E-state index >= 15 is 0 Å². The van der Waals surface area contributed by atoms with Gasteiger partial charge in [-0.05, 0) is 47.9 Å². The smallest absolute Gasteiger partial charge is 0.297 e. The van der Waals surface area contributed by atoms with Crippen LogP contribution in [0.4, 0.5) is 11.5 Å². The molecule has 2 aromatic heterocycles. The molecule has 138 valence electrons. The number of rotatable bonds is 5. The van der Waals surface area contributed by atoms with E-state index in [2.05, 4.69) is 25.5 Å². The molecule has 1 amide bonds. The van der Waals surface area contributed by atoms with E-state index in [1.165, 1.54) is 12.3 Å². The summed E-state index contributed by atoms with van der Waals surface area (Å²) < 4.78 is 9.95. The molecule has 0 saturated carbocycles. The molecule has 27 heavy (non-hydrogen) atoms. The van der Waals surface area contributed by atoms with E-state index in [0.717, 1.165) is 5.56 Å². The summed E-state index contributed by atoms with van der Waals surface area (Å²) >= 11 is 0. The Labute approximate surface area is 152 Å². The zero-order chi connectivity index (χ0) is 19.6. The fraction of sp³-hybridized carbons (Fsp3) is 0.125. The van der Waals surface area contributed by atoms with Gasteiger partial charge >= 0.3 is 0 Å². The number of hydrazone groups is 1. The van der Waals surface area contributed by atoms with Crippen molar-refractivity contribution in [2.75, 3.05) is 5.73 Å². The average molecular weight is 370 g/mol. The summed E-state index contributed by atoms with van der Waals surface area (Å²) in [4.78, 5) is 22.5. The highest BCUT2D eigenvalue weighted by molar-refractivity contribution is 5.96. The fourth-order valence-corrected chi connectivity index (χ4v) is 2.43. The second kappa shape index (κ2) is 7.07. The molecule has 11 heteroatoms. The van der Waals surface area contributed by atoms with E-state index < -0.39 is 10.8 Å². The first kappa shape index (κ1) is 17.8. The van der Waals surface area contributed by atoms with E-state index in [4.69, 9.17) is 10.2 Å². The van der Waals surface area contributed by atoms with Crippen LogP contribution in [0.3, 0.4) is 0 Å². The lowest BCUT2D eigenvalue weighted by Gasteiger charge is -2.05. The Morgan fingerprint density at radius 3 is 2.74 bits per heavy atom. The second-order valence-electron chi connectivity index (χ2n) is 5.61. The van der Waals surface area contributed by atoms with E-state index in [9.17, 15) is 14.9 Å². The lowest BCUT2D eigenvalue weighted by molar-refractivity contribution is -0.385. The first-order chi connectivity index (χ1) is 12.9. The minimum absolute atomic E-state index is 0.00768. The first-order valence-corrected chi connectivity index (χ1v) is 7.64. The monoisotopic (exact) mass is 370 g/mol. The highest BCUT2D eigenvalue weighted by atomic mass is 16.6. The maximum atomic E-state index is 11.8. The standard InChI is InChI=1S/C16H14N6O5/c1-8-5-9(2)12(22(24)25)6-11(8)13-4-3-10(26-13)7-18-19-16(23)14-15(17)21-27-20-14/h3-7H,1-2H3,(H2,17,21)(H,19,23). The number of furan rings is 1. The van der Waals surface area contributed by atoms with Crippen molar-refractivity contribution in [3.63, 3.8) is 0 Å². The summed E-state index contributed by atoms with van der Waals surface area (Å²) in [5.74, 6) is -0.0753. The Bertz CT molecular complexity index is 1050. The largest absolute Gasteiger partial charge is 0.455 e. The van der Waals surface area contributed by atoms with E-state index in [1.807, 2.05) is 6.92 Å².